The Morgan fingerprint density at radius 3 is 2.34 bits per heavy atom. The fourth-order valence-corrected chi connectivity index (χ4v) is 4.55. The van der Waals surface area contributed by atoms with E-state index in [0.717, 1.165) is 41.0 Å². The van der Waals surface area contributed by atoms with Crippen LogP contribution in [0.2, 0.25) is 5.02 Å². The Labute approximate surface area is 213 Å². The first-order valence-electron chi connectivity index (χ1n) is 12.1. The SMILES string of the molecule is CC[C@@H](C)Oc1cc2c(cc1OC)CC(=O)N(c1ccc(N(C)CC)cc1)C2c1ccc(Cl)cc1. The van der Waals surface area contributed by atoms with Gasteiger partial charge >= 0.3 is 0 Å². The van der Waals surface area contributed by atoms with Crippen LogP contribution in [0, 0.1) is 0 Å². The maximum absolute atomic E-state index is 13.6. The molecule has 1 aliphatic rings. The minimum Gasteiger partial charge on any atom is -0.493 e. The Bertz CT molecular complexity index is 1180. The molecule has 0 radical (unpaired) electrons. The Morgan fingerprint density at radius 1 is 1.06 bits per heavy atom. The van der Waals surface area contributed by atoms with Gasteiger partial charge in [0.25, 0.3) is 0 Å². The van der Waals surface area contributed by atoms with E-state index < -0.39 is 0 Å². The van der Waals surface area contributed by atoms with Gasteiger partial charge in [-0.15, -0.1) is 0 Å². The van der Waals surface area contributed by atoms with Gasteiger partial charge in [0.1, 0.15) is 0 Å². The second-order valence-electron chi connectivity index (χ2n) is 8.96. The molecular weight excluding hydrogens is 460 g/mol. The lowest BCUT2D eigenvalue weighted by atomic mass is 9.86. The standard InChI is InChI=1S/C29H33ClN2O3/c1-6-19(3)35-27-18-25-21(16-26(27)34-5)17-28(33)32(29(25)20-8-10-22(30)11-9-20)24-14-12-23(13-15-24)31(4)7-2/h8-16,18-19,29H,6-7,17H2,1-5H3/t19-,29?/m1/s1. The van der Waals surface area contributed by atoms with E-state index in [0.29, 0.717) is 16.5 Å². The Hall–Kier alpha value is -3.18. The average Bonchev–Trinajstić information content (AvgIpc) is 2.88. The topological polar surface area (TPSA) is 42.0 Å². The first kappa shape index (κ1) is 24.9. The quantitative estimate of drug-likeness (QED) is 0.352. The van der Waals surface area contributed by atoms with Crippen molar-refractivity contribution in [3.05, 3.63) is 82.4 Å². The van der Waals surface area contributed by atoms with Crippen molar-refractivity contribution in [2.24, 2.45) is 0 Å². The third-order valence-corrected chi connectivity index (χ3v) is 6.97. The van der Waals surface area contributed by atoms with E-state index in [1.54, 1.807) is 7.11 Å². The van der Waals surface area contributed by atoms with Crippen molar-refractivity contribution in [1.82, 2.24) is 0 Å². The molecule has 0 aliphatic carbocycles. The van der Waals surface area contributed by atoms with E-state index in [1.165, 1.54) is 0 Å². The summed E-state index contributed by atoms with van der Waals surface area (Å²) in [6, 6.07) is 19.5. The summed E-state index contributed by atoms with van der Waals surface area (Å²) in [5.41, 5.74) is 4.92. The highest BCUT2D eigenvalue weighted by atomic mass is 35.5. The van der Waals surface area contributed by atoms with Crippen LogP contribution >= 0.6 is 11.6 Å². The molecule has 1 aliphatic heterocycles. The molecule has 2 atom stereocenters. The molecule has 184 valence electrons. The van der Waals surface area contributed by atoms with Crippen LogP contribution in [0.1, 0.15) is 49.9 Å². The molecule has 0 fully saturated rings. The Morgan fingerprint density at radius 2 is 1.74 bits per heavy atom. The molecule has 0 bridgehead atoms. The summed E-state index contributed by atoms with van der Waals surface area (Å²) in [7, 11) is 3.69. The zero-order valence-electron chi connectivity index (χ0n) is 21.0. The molecule has 3 aromatic rings. The number of carbonyl (C=O) groups excluding carboxylic acids is 1. The van der Waals surface area contributed by atoms with Gasteiger partial charge in [0, 0.05) is 30.0 Å². The highest BCUT2D eigenvalue weighted by molar-refractivity contribution is 6.30. The van der Waals surface area contributed by atoms with Crippen LogP contribution in [-0.4, -0.2) is 32.7 Å². The number of carbonyl (C=O) groups is 1. The average molecular weight is 493 g/mol. The van der Waals surface area contributed by atoms with Gasteiger partial charge in [-0.3, -0.25) is 4.79 Å². The zero-order chi connectivity index (χ0) is 25.1. The monoisotopic (exact) mass is 492 g/mol. The number of anilines is 2. The lowest BCUT2D eigenvalue weighted by Gasteiger charge is -2.38. The predicted molar refractivity (Wildman–Crippen MR) is 143 cm³/mol. The highest BCUT2D eigenvalue weighted by Crippen LogP contribution is 2.44. The lowest BCUT2D eigenvalue weighted by Crippen LogP contribution is -2.41. The number of hydrogen-bond donors (Lipinski definition) is 0. The molecule has 6 heteroatoms. The number of nitrogens with zero attached hydrogens (tertiary/aromatic N) is 2. The van der Waals surface area contributed by atoms with Gasteiger partial charge in [-0.25, -0.2) is 0 Å². The van der Waals surface area contributed by atoms with Crippen LogP contribution in [-0.2, 0) is 11.2 Å². The molecule has 0 N–H and O–H groups in total. The van der Waals surface area contributed by atoms with Gasteiger partial charge in [0.15, 0.2) is 11.5 Å². The number of fused-ring (bicyclic) bond motifs is 1. The summed E-state index contributed by atoms with van der Waals surface area (Å²) in [5, 5.41) is 0.658. The summed E-state index contributed by atoms with van der Waals surface area (Å²) >= 11 is 6.21. The molecule has 0 saturated carbocycles. The fraction of sp³-hybridized carbons (Fsp3) is 0.345. The third-order valence-electron chi connectivity index (χ3n) is 6.72. The smallest absolute Gasteiger partial charge is 0.232 e. The fourth-order valence-electron chi connectivity index (χ4n) is 4.43. The normalized spacial score (nSPS) is 16.0. The van der Waals surface area contributed by atoms with Gasteiger partial charge in [-0.1, -0.05) is 30.7 Å². The highest BCUT2D eigenvalue weighted by Gasteiger charge is 2.36. The van der Waals surface area contributed by atoms with Gasteiger partial charge in [-0.2, -0.15) is 0 Å². The summed E-state index contributed by atoms with van der Waals surface area (Å²) in [6.07, 6.45) is 1.21. The van der Waals surface area contributed by atoms with Gasteiger partial charge in [0.2, 0.25) is 5.91 Å². The maximum atomic E-state index is 13.6. The maximum Gasteiger partial charge on any atom is 0.232 e. The molecule has 1 amide bonds. The van der Waals surface area contributed by atoms with Crippen LogP contribution < -0.4 is 19.3 Å². The minimum atomic E-state index is -0.316. The van der Waals surface area contributed by atoms with E-state index in [1.807, 2.05) is 60.4 Å². The largest absolute Gasteiger partial charge is 0.493 e. The van der Waals surface area contributed by atoms with Crippen molar-refractivity contribution < 1.29 is 14.3 Å². The summed E-state index contributed by atoms with van der Waals surface area (Å²) in [6.45, 7) is 7.15. The first-order valence-corrected chi connectivity index (χ1v) is 12.5. The van der Waals surface area contributed by atoms with E-state index in [-0.39, 0.29) is 24.5 Å². The molecule has 5 nitrogen and oxygen atoms in total. The molecule has 1 heterocycles. The number of hydrogen-bond acceptors (Lipinski definition) is 4. The van der Waals surface area contributed by atoms with Crippen molar-refractivity contribution in [3.8, 4) is 11.5 Å². The van der Waals surface area contributed by atoms with Gasteiger partial charge in [-0.05, 0) is 85.5 Å². The van der Waals surface area contributed by atoms with E-state index in [9.17, 15) is 4.79 Å². The summed E-state index contributed by atoms with van der Waals surface area (Å²) in [5.74, 6) is 1.37. The molecule has 4 rings (SSSR count). The number of rotatable bonds is 8. The first-order chi connectivity index (χ1) is 16.9. The molecule has 0 spiro atoms. The van der Waals surface area contributed by atoms with Crippen LogP contribution in [0.15, 0.2) is 60.7 Å². The number of methoxy groups -OCH3 is 1. The predicted octanol–water partition coefficient (Wildman–Crippen LogP) is 6.66. The number of benzene rings is 3. The van der Waals surface area contributed by atoms with Crippen LogP contribution in [0.5, 0.6) is 11.5 Å². The second kappa shape index (κ2) is 10.6. The number of ether oxygens (including phenoxy) is 2. The van der Waals surface area contributed by atoms with Gasteiger partial charge in [0.05, 0.1) is 25.7 Å². The van der Waals surface area contributed by atoms with E-state index >= 15 is 0 Å². The number of halogens is 1. The van der Waals surface area contributed by atoms with Gasteiger partial charge < -0.3 is 19.3 Å². The molecule has 35 heavy (non-hydrogen) atoms. The summed E-state index contributed by atoms with van der Waals surface area (Å²) < 4.78 is 11.9. The van der Waals surface area contributed by atoms with Crippen LogP contribution in [0.3, 0.4) is 0 Å². The lowest BCUT2D eigenvalue weighted by molar-refractivity contribution is -0.118. The Balaban J connectivity index is 1.86. The van der Waals surface area contributed by atoms with Crippen molar-refractivity contribution >= 4 is 28.9 Å². The Kier molecular flexibility index (Phi) is 7.56. The molecule has 1 unspecified atom stereocenters. The molecule has 3 aromatic carbocycles. The van der Waals surface area contributed by atoms with E-state index in [2.05, 4.69) is 37.9 Å². The third kappa shape index (κ3) is 5.10. The second-order valence-corrected chi connectivity index (χ2v) is 9.40. The molecular formula is C29H33ClN2O3. The molecule has 0 saturated heterocycles. The molecule has 0 aromatic heterocycles. The van der Waals surface area contributed by atoms with Crippen LogP contribution in [0.25, 0.3) is 0 Å². The van der Waals surface area contributed by atoms with Crippen molar-refractivity contribution in [2.75, 3.05) is 30.5 Å². The summed E-state index contributed by atoms with van der Waals surface area (Å²) in [4.78, 5) is 17.7. The number of amides is 1. The van der Waals surface area contributed by atoms with Crippen molar-refractivity contribution in [2.45, 2.75) is 45.8 Å². The van der Waals surface area contributed by atoms with E-state index in [4.69, 9.17) is 21.1 Å². The minimum absolute atomic E-state index is 0.0340. The van der Waals surface area contributed by atoms with Crippen LogP contribution in [0.4, 0.5) is 11.4 Å². The van der Waals surface area contributed by atoms with Crippen molar-refractivity contribution in [1.29, 1.82) is 0 Å². The van der Waals surface area contributed by atoms with Crippen molar-refractivity contribution in [3.63, 3.8) is 0 Å². The zero-order valence-corrected chi connectivity index (χ0v) is 21.8.